The molecule has 0 atom stereocenters. The molecule has 244 valence electrons. The number of nitrogens with zero attached hydrogens (tertiary/aromatic N) is 1. The van der Waals surface area contributed by atoms with Gasteiger partial charge in [-0.05, 0) is 104 Å². The van der Waals surface area contributed by atoms with Gasteiger partial charge in [0.1, 0.15) is 11.2 Å². The van der Waals surface area contributed by atoms with E-state index in [-0.39, 0.29) is 0 Å². The summed E-state index contributed by atoms with van der Waals surface area (Å²) in [6.45, 7) is 0. The fraction of sp³-hybridized carbons (Fsp3) is 0. The van der Waals surface area contributed by atoms with Crippen LogP contribution in [0.15, 0.2) is 204 Å². The fourth-order valence-corrected chi connectivity index (χ4v) is 5.43. The molecule has 0 unspecified atom stereocenters. The summed E-state index contributed by atoms with van der Waals surface area (Å²) >= 11 is 0. The third-order valence-corrected chi connectivity index (χ3v) is 7.76. The van der Waals surface area contributed by atoms with Crippen LogP contribution in [0, 0.1) is 0 Å². The summed E-state index contributed by atoms with van der Waals surface area (Å²) in [5.74, 6) is 0. The number of hydrogen-bond acceptors (Lipinski definition) is 2. The highest BCUT2D eigenvalue weighted by atomic mass is 16.3. The Hall–Kier alpha value is -6.90. The summed E-state index contributed by atoms with van der Waals surface area (Å²) in [6.07, 6.45) is 0. The van der Waals surface area contributed by atoms with E-state index >= 15 is 0 Å². The third-order valence-electron chi connectivity index (χ3n) is 7.76. The fourth-order valence-electron chi connectivity index (χ4n) is 5.43. The number of anilines is 3. The van der Waals surface area contributed by atoms with Gasteiger partial charge in [0.05, 0.1) is 45.2 Å². The average Bonchev–Trinajstić information content (AvgIpc) is 2.00. The minimum atomic E-state index is -1.30. The second kappa shape index (κ2) is 12.5. The second-order valence-corrected chi connectivity index (χ2v) is 10.8. The van der Waals surface area contributed by atoms with Gasteiger partial charge in [-0.15, -0.1) is 0 Å². The van der Waals surface area contributed by atoms with E-state index in [2.05, 4.69) is 0 Å². The molecular formula is C50H33NO. The second-order valence-electron chi connectivity index (χ2n) is 10.8. The van der Waals surface area contributed by atoms with Crippen LogP contribution in [-0.4, -0.2) is 0 Å². The van der Waals surface area contributed by atoms with Crippen LogP contribution < -0.4 is 4.90 Å². The van der Waals surface area contributed by atoms with Crippen molar-refractivity contribution in [3.05, 3.63) is 199 Å². The van der Waals surface area contributed by atoms with Gasteiger partial charge >= 0.3 is 0 Å². The molecule has 0 aliphatic carbocycles. The first-order chi connectivity index (χ1) is 39.5. The Bertz CT molecular complexity index is 4570. The number of rotatable bonds is 6. The number of fused-ring (bicyclic) bond motifs is 6. The van der Waals surface area contributed by atoms with Crippen molar-refractivity contribution in [1.29, 1.82) is 0 Å². The topological polar surface area (TPSA) is 16.4 Å². The number of furan rings is 1. The molecule has 0 amide bonds. The van der Waals surface area contributed by atoms with Crippen LogP contribution >= 0.6 is 0 Å². The van der Waals surface area contributed by atoms with E-state index in [1.807, 2.05) is 0 Å². The van der Waals surface area contributed by atoms with Crippen LogP contribution in [0.5, 0.6) is 0 Å². The minimum Gasteiger partial charge on any atom is -0.455 e. The molecule has 0 fully saturated rings. The lowest BCUT2D eigenvalue weighted by molar-refractivity contribution is 0.672. The van der Waals surface area contributed by atoms with Crippen molar-refractivity contribution in [2.75, 3.05) is 4.90 Å². The Balaban J connectivity index is 1.44. The predicted molar refractivity (Wildman–Crippen MR) is 220 cm³/mol. The van der Waals surface area contributed by atoms with Crippen LogP contribution in [0.3, 0.4) is 0 Å². The smallest absolute Gasteiger partial charge is 0.143 e. The predicted octanol–water partition coefficient (Wildman–Crippen LogP) is 14.4. The van der Waals surface area contributed by atoms with Crippen molar-refractivity contribution in [3.8, 4) is 33.4 Å². The highest BCUT2D eigenvalue weighted by molar-refractivity contribution is 6.19. The van der Waals surface area contributed by atoms with Gasteiger partial charge in [0.15, 0.2) is 0 Å². The van der Waals surface area contributed by atoms with Crippen LogP contribution in [0.2, 0.25) is 0 Å². The Kier molecular flexibility index (Phi) is 2.77. The maximum absolute atomic E-state index is 10.1. The Morgan fingerprint density at radius 1 is 0.346 bits per heavy atom. The Labute approximate surface area is 348 Å². The highest BCUT2D eigenvalue weighted by Crippen LogP contribution is 2.43. The van der Waals surface area contributed by atoms with Crippen molar-refractivity contribution in [2.45, 2.75) is 0 Å². The standard InChI is InChI=1S/C50H33NO/c1-3-11-34(12-4-1)37-21-25-41(26-22-37)51(42-27-23-38(24-28-42)35-13-5-2-6-14-35)43-29-30-49-47(32-43)48-33-46(44-17-9-10-18-45(44)50(48)52-49)40-20-19-36-15-7-8-16-39(36)31-40/h1-33H/i1D,2D,3D,4D,5D,6D,7D,8D,9D,10D,11D,12D,13D,14D,15D,16D,17D,18D,19D,20D,21D,22D,23D,24D,25D,26D,27D,28D,29D,30D,31D,32D,33D. The summed E-state index contributed by atoms with van der Waals surface area (Å²) in [5.41, 5.74) is -10.3. The van der Waals surface area contributed by atoms with Crippen molar-refractivity contribution in [3.63, 3.8) is 0 Å². The summed E-state index contributed by atoms with van der Waals surface area (Å²) in [5, 5.41) is -4.16. The maximum Gasteiger partial charge on any atom is 0.143 e. The highest BCUT2D eigenvalue weighted by Gasteiger charge is 2.19. The van der Waals surface area contributed by atoms with Crippen molar-refractivity contribution in [2.24, 2.45) is 0 Å². The molecule has 0 N–H and O–H groups in total. The molecule has 9 aromatic carbocycles. The average molecular weight is 697 g/mol. The summed E-state index contributed by atoms with van der Waals surface area (Å²) in [6, 6.07) is -34.4. The lowest BCUT2D eigenvalue weighted by Gasteiger charge is -2.26. The first-order valence-corrected chi connectivity index (χ1v) is 15.1. The van der Waals surface area contributed by atoms with Crippen molar-refractivity contribution >= 4 is 60.5 Å². The summed E-state index contributed by atoms with van der Waals surface area (Å²) in [4.78, 5) is 0.310. The minimum absolute atomic E-state index is 0.310. The molecule has 10 aromatic rings. The maximum atomic E-state index is 10.1. The molecule has 0 saturated carbocycles. The van der Waals surface area contributed by atoms with Gasteiger partial charge in [0.2, 0.25) is 0 Å². The molecule has 0 aliphatic heterocycles. The van der Waals surface area contributed by atoms with E-state index in [0.717, 1.165) is 0 Å². The van der Waals surface area contributed by atoms with E-state index in [9.17, 15) is 20.6 Å². The van der Waals surface area contributed by atoms with Crippen LogP contribution in [0.1, 0.15) is 45.2 Å². The molecule has 0 bridgehead atoms. The molecule has 2 nitrogen and oxygen atoms in total. The summed E-state index contributed by atoms with van der Waals surface area (Å²) < 4.78 is 302. The Morgan fingerprint density at radius 3 is 1.52 bits per heavy atom. The van der Waals surface area contributed by atoms with Gasteiger partial charge in [-0.2, -0.15) is 0 Å². The third kappa shape index (κ3) is 5.21. The molecule has 2 heteroatoms. The number of benzene rings is 9. The van der Waals surface area contributed by atoms with E-state index in [1.165, 1.54) is 0 Å². The van der Waals surface area contributed by atoms with Gasteiger partial charge in [0.25, 0.3) is 0 Å². The van der Waals surface area contributed by atoms with Crippen molar-refractivity contribution < 1.29 is 49.7 Å². The van der Waals surface area contributed by atoms with Crippen molar-refractivity contribution in [1.82, 2.24) is 0 Å². The van der Waals surface area contributed by atoms with Crippen LogP contribution in [-0.2, 0) is 0 Å². The molecular weight excluding hydrogens is 631 g/mol. The molecule has 0 saturated heterocycles. The zero-order valence-corrected chi connectivity index (χ0v) is 25.9. The lowest BCUT2D eigenvalue weighted by atomic mass is 9.94. The normalized spacial score (nSPS) is 20.3. The zero-order valence-electron chi connectivity index (χ0n) is 58.9. The Morgan fingerprint density at radius 2 is 0.865 bits per heavy atom. The molecule has 0 aliphatic rings. The first kappa shape index (κ1) is 11.6. The molecule has 1 heterocycles. The lowest BCUT2D eigenvalue weighted by Crippen LogP contribution is -2.09. The van der Waals surface area contributed by atoms with Gasteiger partial charge < -0.3 is 9.32 Å². The van der Waals surface area contributed by atoms with Gasteiger partial charge in [-0.1, -0.05) is 145 Å². The first-order valence-electron chi connectivity index (χ1n) is 31.6. The van der Waals surface area contributed by atoms with Crippen LogP contribution in [0.4, 0.5) is 17.1 Å². The van der Waals surface area contributed by atoms with Crippen LogP contribution in [0.25, 0.3) is 76.9 Å². The zero-order chi connectivity index (χ0) is 63.2. The van der Waals surface area contributed by atoms with Gasteiger partial charge in [-0.3, -0.25) is 0 Å². The molecule has 52 heavy (non-hydrogen) atoms. The quantitative estimate of drug-likeness (QED) is 0.172. The van der Waals surface area contributed by atoms with E-state index in [1.54, 1.807) is 0 Å². The molecule has 1 aromatic heterocycles. The monoisotopic (exact) mass is 696 g/mol. The molecule has 10 rings (SSSR count). The molecule has 0 spiro atoms. The summed E-state index contributed by atoms with van der Waals surface area (Å²) in [7, 11) is 0. The number of hydrogen-bond donors (Lipinski definition) is 0. The van der Waals surface area contributed by atoms with E-state index < -0.39 is 293 Å². The van der Waals surface area contributed by atoms with Gasteiger partial charge in [-0.25, -0.2) is 0 Å². The largest absolute Gasteiger partial charge is 0.455 e. The van der Waals surface area contributed by atoms with Gasteiger partial charge in [0, 0.05) is 33.2 Å². The van der Waals surface area contributed by atoms with E-state index in [4.69, 9.17) is 29.1 Å². The van der Waals surface area contributed by atoms with E-state index in [0.29, 0.717) is 4.90 Å². The molecule has 0 radical (unpaired) electrons. The SMILES string of the molecule is [2H]c1c([2H])c([2H])c(-c2c([2H])c([2H])c(N(c3c([2H])c([2H])c(-c4c([2H])c([2H])c([2H])c([2H])c4[2H])c([2H])c3[2H])c3c([2H])c([2H])c4oc5c6c([2H])c([2H])c([2H])c([2H])c6c(-c6c([2H])c([2H])c7c([2H])c([2H])c([2H])c([2H])c7c6[2H])c([2H])c5c4c3[2H])c([2H])c2[2H])c([2H])c1[2H].